The van der Waals surface area contributed by atoms with Crippen molar-refractivity contribution >= 4 is 17.9 Å². The van der Waals surface area contributed by atoms with E-state index in [0.29, 0.717) is 25.7 Å². The largest absolute Gasteiger partial charge is 0.462 e. The quantitative estimate of drug-likeness (QED) is 0.0199. The van der Waals surface area contributed by atoms with Gasteiger partial charge in [-0.25, -0.2) is 0 Å². The Morgan fingerprint density at radius 1 is 0.344 bits per heavy atom. The molecule has 0 aromatic carbocycles. The van der Waals surface area contributed by atoms with Gasteiger partial charge in [-0.2, -0.15) is 0 Å². The maximum atomic E-state index is 12.8. The van der Waals surface area contributed by atoms with Crippen molar-refractivity contribution in [2.24, 2.45) is 0 Å². The molecule has 0 spiro atoms. The molecule has 0 saturated carbocycles. The monoisotopic (exact) mass is 891 g/mol. The van der Waals surface area contributed by atoms with Crippen molar-refractivity contribution in [3.05, 3.63) is 85.1 Å². The van der Waals surface area contributed by atoms with Gasteiger partial charge in [-0.3, -0.25) is 14.4 Å². The zero-order valence-corrected chi connectivity index (χ0v) is 41.8. The Hall–Kier alpha value is -3.41. The van der Waals surface area contributed by atoms with E-state index < -0.39 is 6.10 Å². The molecule has 0 amide bonds. The van der Waals surface area contributed by atoms with Gasteiger partial charge in [0.2, 0.25) is 0 Å². The molecule has 0 fully saturated rings. The van der Waals surface area contributed by atoms with Crippen LogP contribution in [0.15, 0.2) is 85.1 Å². The fourth-order valence-corrected chi connectivity index (χ4v) is 7.17. The second-order valence-electron chi connectivity index (χ2n) is 17.5. The predicted molar refractivity (Wildman–Crippen MR) is 274 cm³/mol. The predicted octanol–water partition coefficient (Wildman–Crippen LogP) is 17.6. The van der Waals surface area contributed by atoms with Crippen LogP contribution < -0.4 is 0 Å². The standard InChI is InChI=1S/C58H98O6/c1-4-7-10-13-16-19-21-23-25-27-29-31-32-34-36-39-42-45-48-51-57(60)63-54-55(53-62-56(59)50-47-44-41-38-18-15-12-9-6-3)64-58(61)52-49-46-43-40-37-35-33-30-28-26-24-22-20-17-14-11-8-5-2/h7,10,16,19,22-26,28,30,33,38,41,55H,4-6,8-9,11-15,17-18,20-21,27,29,31-32,34-37,39-40,42-54H2,1-3H3/b10-7-,19-16-,24-22-,25-23-,28-26-,33-30-,41-38-. The molecule has 0 rings (SSSR count). The van der Waals surface area contributed by atoms with Crippen molar-refractivity contribution < 1.29 is 28.6 Å². The van der Waals surface area contributed by atoms with Crippen LogP contribution in [0.3, 0.4) is 0 Å². The molecule has 0 aliphatic heterocycles. The van der Waals surface area contributed by atoms with Gasteiger partial charge in [0, 0.05) is 19.3 Å². The van der Waals surface area contributed by atoms with Crippen LogP contribution in [0.2, 0.25) is 0 Å². The Kier molecular flexibility index (Phi) is 49.4. The molecule has 0 aliphatic rings. The summed E-state index contributed by atoms with van der Waals surface area (Å²) >= 11 is 0. The van der Waals surface area contributed by atoms with Crippen LogP contribution in [0.5, 0.6) is 0 Å². The van der Waals surface area contributed by atoms with Gasteiger partial charge in [-0.1, -0.05) is 215 Å². The Morgan fingerprint density at radius 2 is 0.688 bits per heavy atom. The summed E-state index contributed by atoms with van der Waals surface area (Å²) in [6.07, 6.45) is 67.2. The highest BCUT2D eigenvalue weighted by atomic mass is 16.6. The van der Waals surface area contributed by atoms with Gasteiger partial charge >= 0.3 is 17.9 Å². The van der Waals surface area contributed by atoms with E-state index >= 15 is 0 Å². The number of hydrogen-bond acceptors (Lipinski definition) is 6. The number of ether oxygens (including phenoxy) is 3. The van der Waals surface area contributed by atoms with Gasteiger partial charge in [-0.15, -0.1) is 0 Å². The van der Waals surface area contributed by atoms with Crippen molar-refractivity contribution in [1.29, 1.82) is 0 Å². The van der Waals surface area contributed by atoms with Crippen LogP contribution in [0.1, 0.15) is 245 Å². The first-order chi connectivity index (χ1) is 31.5. The fourth-order valence-electron chi connectivity index (χ4n) is 7.17. The summed E-state index contributed by atoms with van der Waals surface area (Å²) in [5.74, 6) is -0.959. The highest BCUT2D eigenvalue weighted by molar-refractivity contribution is 5.71. The smallest absolute Gasteiger partial charge is 0.306 e. The Balaban J connectivity index is 4.38. The molecule has 0 aromatic heterocycles. The minimum atomic E-state index is -0.800. The topological polar surface area (TPSA) is 78.9 Å². The van der Waals surface area contributed by atoms with E-state index in [1.165, 1.54) is 103 Å². The van der Waals surface area contributed by atoms with Crippen molar-refractivity contribution in [3.8, 4) is 0 Å². The summed E-state index contributed by atoms with van der Waals surface area (Å²) in [5.41, 5.74) is 0. The second-order valence-corrected chi connectivity index (χ2v) is 17.5. The number of allylic oxidation sites excluding steroid dienone is 14. The molecule has 0 radical (unpaired) electrons. The number of carbonyl (C=O) groups excluding carboxylic acids is 3. The third kappa shape index (κ3) is 49.6. The van der Waals surface area contributed by atoms with Gasteiger partial charge in [0.05, 0.1) is 0 Å². The first kappa shape index (κ1) is 60.6. The second kappa shape index (κ2) is 52.2. The van der Waals surface area contributed by atoms with Gasteiger partial charge in [0.15, 0.2) is 6.10 Å². The van der Waals surface area contributed by atoms with Crippen molar-refractivity contribution in [2.75, 3.05) is 13.2 Å². The van der Waals surface area contributed by atoms with Crippen molar-refractivity contribution in [2.45, 2.75) is 252 Å². The van der Waals surface area contributed by atoms with E-state index in [-0.39, 0.29) is 31.1 Å². The highest BCUT2D eigenvalue weighted by Gasteiger charge is 2.19. The zero-order valence-electron chi connectivity index (χ0n) is 41.8. The van der Waals surface area contributed by atoms with Crippen LogP contribution in [0.4, 0.5) is 0 Å². The Labute approximate surface area is 395 Å². The molecule has 0 aromatic rings. The molecule has 0 N–H and O–H groups in total. The normalized spacial score (nSPS) is 12.7. The van der Waals surface area contributed by atoms with E-state index in [1.54, 1.807) is 0 Å². The summed E-state index contributed by atoms with van der Waals surface area (Å²) in [4.78, 5) is 37.9. The lowest BCUT2D eigenvalue weighted by Gasteiger charge is -2.18. The number of esters is 3. The zero-order chi connectivity index (χ0) is 46.5. The lowest BCUT2D eigenvalue weighted by Crippen LogP contribution is -2.30. The van der Waals surface area contributed by atoms with E-state index in [1.807, 2.05) is 0 Å². The van der Waals surface area contributed by atoms with Crippen molar-refractivity contribution in [3.63, 3.8) is 0 Å². The summed E-state index contributed by atoms with van der Waals surface area (Å²) in [6, 6.07) is 0. The fraction of sp³-hybridized carbons (Fsp3) is 0.707. The first-order valence-electron chi connectivity index (χ1n) is 26.6. The third-order valence-corrected chi connectivity index (χ3v) is 11.2. The molecule has 1 unspecified atom stereocenters. The van der Waals surface area contributed by atoms with Crippen LogP contribution in [-0.4, -0.2) is 37.2 Å². The molecule has 366 valence electrons. The SMILES string of the molecule is CC/C=C\C/C=C\C/C=C\CCCCCCCCCCCC(=O)OCC(COC(=O)CCC/C=C\CCCCCC)OC(=O)CCCCCCC\C=C/C=C\C=C/CCCCCCC. The summed E-state index contributed by atoms with van der Waals surface area (Å²) < 4.78 is 16.7. The summed E-state index contributed by atoms with van der Waals surface area (Å²) in [7, 11) is 0. The van der Waals surface area contributed by atoms with Gasteiger partial charge in [0.25, 0.3) is 0 Å². The van der Waals surface area contributed by atoms with E-state index in [0.717, 1.165) is 96.3 Å². The minimum Gasteiger partial charge on any atom is -0.462 e. The summed E-state index contributed by atoms with van der Waals surface area (Å²) in [6.45, 7) is 6.43. The highest BCUT2D eigenvalue weighted by Crippen LogP contribution is 2.14. The molecule has 0 heterocycles. The molecule has 1 atom stereocenters. The van der Waals surface area contributed by atoms with Gasteiger partial charge in [0.1, 0.15) is 13.2 Å². The van der Waals surface area contributed by atoms with E-state index in [9.17, 15) is 14.4 Å². The van der Waals surface area contributed by atoms with Gasteiger partial charge < -0.3 is 14.2 Å². The minimum absolute atomic E-state index is 0.0967. The maximum Gasteiger partial charge on any atom is 0.306 e. The number of carbonyl (C=O) groups is 3. The molecule has 0 bridgehead atoms. The van der Waals surface area contributed by atoms with Crippen LogP contribution in [0, 0.1) is 0 Å². The number of unbranched alkanes of at least 4 members (excludes halogenated alkanes) is 24. The summed E-state index contributed by atoms with van der Waals surface area (Å²) in [5, 5.41) is 0. The number of hydrogen-bond donors (Lipinski definition) is 0. The average molecular weight is 891 g/mol. The maximum absolute atomic E-state index is 12.8. The van der Waals surface area contributed by atoms with E-state index in [2.05, 4.69) is 106 Å². The van der Waals surface area contributed by atoms with Gasteiger partial charge in [-0.05, 0) is 96.3 Å². The molecule has 64 heavy (non-hydrogen) atoms. The molecular formula is C58H98O6. The molecule has 0 saturated heterocycles. The Bertz CT molecular complexity index is 1250. The molecule has 0 aliphatic carbocycles. The Morgan fingerprint density at radius 3 is 1.17 bits per heavy atom. The molecular weight excluding hydrogens is 793 g/mol. The van der Waals surface area contributed by atoms with Crippen LogP contribution in [0.25, 0.3) is 0 Å². The molecule has 6 nitrogen and oxygen atoms in total. The van der Waals surface area contributed by atoms with Crippen LogP contribution >= 0.6 is 0 Å². The van der Waals surface area contributed by atoms with Crippen molar-refractivity contribution in [1.82, 2.24) is 0 Å². The van der Waals surface area contributed by atoms with E-state index in [4.69, 9.17) is 14.2 Å². The lowest BCUT2D eigenvalue weighted by atomic mass is 10.1. The van der Waals surface area contributed by atoms with Crippen LogP contribution in [-0.2, 0) is 28.6 Å². The lowest BCUT2D eigenvalue weighted by molar-refractivity contribution is -0.167. The average Bonchev–Trinajstić information content (AvgIpc) is 3.29. The first-order valence-corrected chi connectivity index (χ1v) is 26.6. The number of rotatable bonds is 47. The third-order valence-electron chi connectivity index (χ3n) is 11.2. The molecule has 6 heteroatoms.